The number of carbonyl (C=O) groups is 1. The Hall–Kier alpha value is -2.99. The van der Waals surface area contributed by atoms with E-state index < -0.39 is 0 Å². The molecule has 1 aromatic heterocycles. The van der Waals surface area contributed by atoms with Crippen molar-refractivity contribution in [2.24, 2.45) is 0 Å². The van der Waals surface area contributed by atoms with Crippen molar-refractivity contribution in [2.45, 2.75) is 45.8 Å². The van der Waals surface area contributed by atoms with E-state index in [0.717, 1.165) is 16.7 Å². The van der Waals surface area contributed by atoms with Crippen LogP contribution in [0.2, 0.25) is 0 Å². The highest BCUT2D eigenvalue weighted by Gasteiger charge is 2.11. The molecule has 29 heavy (non-hydrogen) atoms. The van der Waals surface area contributed by atoms with Crippen molar-refractivity contribution in [2.75, 3.05) is 7.11 Å². The molecule has 0 saturated heterocycles. The Labute approximate surface area is 171 Å². The van der Waals surface area contributed by atoms with E-state index in [2.05, 4.69) is 41.4 Å². The molecule has 2 aromatic carbocycles. The summed E-state index contributed by atoms with van der Waals surface area (Å²) in [7, 11) is 1.67. The molecule has 0 radical (unpaired) electrons. The predicted octanol–water partition coefficient (Wildman–Crippen LogP) is 4.26. The monoisotopic (exact) mass is 393 g/mol. The summed E-state index contributed by atoms with van der Waals surface area (Å²) in [4.78, 5) is 16.5. The van der Waals surface area contributed by atoms with Gasteiger partial charge in [-0.2, -0.15) is 4.98 Å². The summed E-state index contributed by atoms with van der Waals surface area (Å²) in [6, 6.07) is 16.1. The van der Waals surface area contributed by atoms with Crippen LogP contribution < -0.4 is 5.32 Å². The number of nitrogens with one attached hydrogen (secondary N) is 1. The van der Waals surface area contributed by atoms with E-state index in [1.165, 1.54) is 5.56 Å². The highest BCUT2D eigenvalue weighted by atomic mass is 16.5. The predicted molar refractivity (Wildman–Crippen MR) is 111 cm³/mol. The summed E-state index contributed by atoms with van der Waals surface area (Å²) < 4.78 is 10.4. The lowest BCUT2D eigenvalue weighted by molar-refractivity contribution is -0.121. The molecule has 0 fully saturated rings. The topological polar surface area (TPSA) is 77.2 Å². The number of benzene rings is 2. The molecule has 0 spiro atoms. The van der Waals surface area contributed by atoms with E-state index in [-0.39, 0.29) is 5.91 Å². The number of hydrogen-bond donors (Lipinski definition) is 1. The molecule has 3 rings (SSSR count). The fourth-order valence-electron chi connectivity index (χ4n) is 2.92. The minimum absolute atomic E-state index is 0.0491. The maximum Gasteiger partial charge on any atom is 0.227 e. The normalized spacial score (nSPS) is 11.0. The van der Waals surface area contributed by atoms with Crippen LogP contribution in [0.15, 0.2) is 53.1 Å². The summed E-state index contributed by atoms with van der Waals surface area (Å²) in [5, 5.41) is 6.94. The molecule has 0 aliphatic rings. The second-order valence-corrected chi connectivity index (χ2v) is 7.31. The maximum atomic E-state index is 12.1. The number of ether oxygens (including phenoxy) is 1. The van der Waals surface area contributed by atoms with Crippen LogP contribution in [0.3, 0.4) is 0 Å². The van der Waals surface area contributed by atoms with Crippen LogP contribution >= 0.6 is 0 Å². The summed E-state index contributed by atoms with van der Waals surface area (Å²) in [5.74, 6) is 1.44. The Morgan fingerprint density at radius 2 is 1.76 bits per heavy atom. The molecule has 0 bridgehead atoms. The quantitative estimate of drug-likeness (QED) is 0.588. The molecule has 0 unspecified atom stereocenters. The van der Waals surface area contributed by atoms with Crippen LogP contribution in [-0.2, 0) is 29.1 Å². The van der Waals surface area contributed by atoms with E-state index in [0.29, 0.717) is 43.6 Å². The van der Waals surface area contributed by atoms with Gasteiger partial charge in [0.1, 0.15) is 0 Å². The average Bonchev–Trinajstić information content (AvgIpc) is 3.21. The van der Waals surface area contributed by atoms with Crippen molar-refractivity contribution >= 4 is 5.91 Å². The standard InChI is InChI=1S/C23H27N3O3/c1-16(2)19-8-10-20(11-9-19)23-25-22(29-26-23)13-12-21(27)24-14-17-4-6-18(7-5-17)15-28-3/h4-11,16H,12-15H2,1-3H3,(H,24,27). The average molecular weight is 393 g/mol. The van der Waals surface area contributed by atoms with Crippen molar-refractivity contribution in [3.63, 3.8) is 0 Å². The summed E-state index contributed by atoms with van der Waals surface area (Å²) in [6.07, 6.45) is 0.714. The van der Waals surface area contributed by atoms with Gasteiger partial charge in [0, 0.05) is 32.1 Å². The van der Waals surface area contributed by atoms with Gasteiger partial charge >= 0.3 is 0 Å². The summed E-state index contributed by atoms with van der Waals surface area (Å²) >= 11 is 0. The van der Waals surface area contributed by atoms with Crippen LogP contribution in [0.1, 0.15) is 48.8 Å². The van der Waals surface area contributed by atoms with Gasteiger partial charge in [-0.05, 0) is 22.6 Å². The first kappa shape index (κ1) is 20.7. The van der Waals surface area contributed by atoms with E-state index in [4.69, 9.17) is 9.26 Å². The number of carbonyl (C=O) groups excluding carboxylic acids is 1. The van der Waals surface area contributed by atoms with Crippen LogP contribution in [0, 0.1) is 0 Å². The van der Waals surface area contributed by atoms with Gasteiger partial charge in [-0.3, -0.25) is 4.79 Å². The number of nitrogens with zero attached hydrogens (tertiary/aromatic N) is 2. The molecule has 3 aromatic rings. The Morgan fingerprint density at radius 3 is 2.41 bits per heavy atom. The Balaban J connectivity index is 1.47. The SMILES string of the molecule is COCc1ccc(CNC(=O)CCc2nc(-c3ccc(C(C)C)cc3)no2)cc1. The number of amides is 1. The molecule has 6 heteroatoms. The number of aromatic nitrogens is 2. The van der Waals surface area contributed by atoms with Gasteiger partial charge in [0.15, 0.2) is 0 Å². The molecule has 1 heterocycles. The fraction of sp³-hybridized carbons (Fsp3) is 0.348. The molecule has 1 N–H and O–H groups in total. The Kier molecular flexibility index (Phi) is 7.14. The molecule has 1 amide bonds. The third-order valence-corrected chi connectivity index (χ3v) is 4.69. The molecule has 0 aliphatic heterocycles. The van der Waals surface area contributed by atoms with Crippen molar-refractivity contribution in [3.8, 4) is 11.4 Å². The zero-order valence-electron chi connectivity index (χ0n) is 17.1. The van der Waals surface area contributed by atoms with Crippen LogP contribution in [0.4, 0.5) is 0 Å². The van der Waals surface area contributed by atoms with Gasteiger partial charge < -0.3 is 14.6 Å². The van der Waals surface area contributed by atoms with Gasteiger partial charge in [0.2, 0.25) is 17.6 Å². The zero-order valence-corrected chi connectivity index (χ0v) is 17.1. The summed E-state index contributed by atoms with van der Waals surface area (Å²) in [5.41, 5.74) is 4.32. The third-order valence-electron chi connectivity index (χ3n) is 4.69. The molecule has 6 nitrogen and oxygen atoms in total. The first-order valence-corrected chi connectivity index (χ1v) is 9.81. The van der Waals surface area contributed by atoms with Crippen LogP contribution in [-0.4, -0.2) is 23.2 Å². The Bertz CT molecular complexity index is 915. The van der Waals surface area contributed by atoms with E-state index in [9.17, 15) is 4.79 Å². The van der Waals surface area contributed by atoms with Gasteiger partial charge in [-0.25, -0.2) is 0 Å². The van der Waals surface area contributed by atoms with Crippen molar-refractivity contribution in [1.82, 2.24) is 15.5 Å². The first-order chi connectivity index (χ1) is 14.0. The van der Waals surface area contributed by atoms with Crippen molar-refractivity contribution in [1.29, 1.82) is 0 Å². The lowest BCUT2D eigenvalue weighted by Crippen LogP contribution is -2.23. The van der Waals surface area contributed by atoms with Gasteiger partial charge in [0.25, 0.3) is 0 Å². The van der Waals surface area contributed by atoms with Gasteiger partial charge in [-0.15, -0.1) is 0 Å². The van der Waals surface area contributed by atoms with E-state index >= 15 is 0 Å². The number of rotatable bonds is 9. The molecule has 0 saturated carbocycles. The minimum Gasteiger partial charge on any atom is -0.380 e. The van der Waals surface area contributed by atoms with Crippen LogP contribution in [0.25, 0.3) is 11.4 Å². The fourth-order valence-corrected chi connectivity index (χ4v) is 2.92. The highest BCUT2D eigenvalue weighted by Crippen LogP contribution is 2.20. The molecule has 0 aliphatic carbocycles. The van der Waals surface area contributed by atoms with Crippen molar-refractivity contribution < 1.29 is 14.1 Å². The molecule has 0 atom stereocenters. The largest absolute Gasteiger partial charge is 0.380 e. The first-order valence-electron chi connectivity index (χ1n) is 9.81. The van der Waals surface area contributed by atoms with Crippen LogP contribution in [0.5, 0.6) is 0 Å². The third kappa shape index (κ3) is 5.99. The molecular formula is C23H27N3O3. The second kappa shape index (κ2) is 9.98. The number of methoxy groups -OCH3 is 1. The zero-order chi connectivity index (χ0) is 20.6. The van der Waals surface area contributed by atoms with Crippen molar-refractivity contribution in [3.05, 3.63) is 71.1 Å². The molecule has 152 valence electrons. The van der Waals surface area contributed by atoms with E-state index in [1.807, 2.05) is 36.4 Å². The highest BCUT2D eigenvalue weighted by molar-refractivity contribution is 5.76. The number of aryl methyl sites for hydroxylation is 1. The maximum absolute atomic E-state index is 12.1. The lowest BCUT2D eigenvalue weighted by atomic mass is 10.0. The van der Waals surface area contributed by atoms with E-state index in [1.54, 1.807) is 7.11 Å². The lowest BCUT2D eigenvalue weighted by Gasteiger charge is -2.06. The minimum atomic E-state index is -0.0491. The smallest absolute Gasteiger partial charge is 0.227 e. The summed E-state index contributed by atoms with van der Waals surface area (Å²) in [6.45, 7) is 5.38. The Morgan fingerprint density at radius 1 is 1.07 bits per heavy atom. The number of hydrogen-bond acceptors (Lipinski definition) is 5. The second-order valence-electron chi connectivity index (χ2n) is 7.31. The van der Waals surface area contributed by atoms with Gasteiger partial charge in [0.05, 0.1) is 6.61 Å². The van der Waals surface area contributed by atoms with Gasteiger partial charge in [-0.1, -0.05) is 67.5 Å². The molecular weight excluding hydrogens is 366 g/mol.